The lowest BCUT2D eigenvalue weighted by molar-refractivity contribution is -0.284. The summed E-state index contributed by atoms with van der Waals surface area (Å²) in [5.74, 6) is -7.38. The summed E-state index contributed by atoms with van der Waals surface area (Å²) in [6.45, 7) is 1.09. The third-order valence-corrected chi connectivity index (χ3v) is 6.99. The summed E-state index contributed by atoms with van der Waals surface area (Å²) in [4.78, 5) is 12.3. The molecule has 0 saturated carbocycles. The maximum Gasteiger partial charge on any atom is 0.453 e. The fourth-order valence-electron chi connectivity index (χ4n) is 3.06. The molecule has 0 saturated heterocycles. The maximum atomic E-state index is 13.0. The van der Waals surface area contributed by atoms with Crippen LogP contribution in [0.5, 0.6) is 0 Å². The number of nitrogens with one attached hydrogen (secondary N) is 1. The number of halogens is 8. The standard InChI is InChI=1S/C21H24F8N2O4S/c1-18(33,17(32)31-15-7-6-14(13-30)16(12-15)20(24,25)26)8-3-2-4-10-36(34,35)11-5-9-19(22,23)21(27,28)29/h6-7,12,33H,2-5,8-11H2,1H3,(H,31,32). The van der Waals surface area contributed by atoms with Crippen molar-refractivity contribution in [3.8, 4) is 6.07 Å². The molecule has 0 heterocycles. The number of hydrogen-bond donors (Lipinski definition) is 2. The first-order valence-corrected chi connectivity index (χ1v) is 12.3. The highest BCUT2D eigenvalue weighted by Crippen LogP contribution is 2.39. The zero-order chi connectivity index (χ0) is 28.0. The fraction of sp³-hybridized carbons (Fsp3) is 0.619. The van der Waals surface area contributed by atoms with Crippen molar-refractivity contribution in [2.45, 2.75) is 69.3 Å². The number of benzene rings is 1. The van der Waals surface area contributed by atoms with Crippen molar-refractivity contribution in [2.24, 2.45) is 0 Å². The topological polar surface area (TPSA) is 107 Å². The predicted molar refractivity (Wildman–Crippen MR) is 113 cm³/mol. The Labute approximate surface area is 202 Å². The van der Waals surface area contributed by atoms with Crippen molar-refractivity contribution in [1.82, 2.24) is 0 Å². The molecule has 0 aliphatic carbocycles. The number of carbonyl (C=O) groups excluding carboxylic acids is 1. The molecule has 1 aromatic rings. The second-order valence-electron chi connectivity index (χ2n) is 8.37. The molecule has 1 atom stereocenters. The third-order valence-electron chi connectivity index (χ3n) is 5.17. The van der Waals surface area contributed by atoms with Gasteiger partial charge in [0.05, 0.1) is 28.7 Å². The highest BCUT2D eigenvalue weighted by atomic mass is 32.2. The number of rotatable bonds is 12. The van der Waals surface area contributed by atoms with Crippen LogP contribution >= 0.6 is 0 Å². The van der Waals surface area contributed by atoms with Gasteiger partial charge in [-0.3, -0.25) is 4.79 Å². The van der Waals surface area contributed by atoms with Crippen LogP contribution in [0.4, 0.5) is 40.8 Å². The van der Waals surface area contributed by atoms with Gasteiger partial charge in [-0.2, -0.15) is 40.4 Å². The smallest absolute Gasteiger partial charge is 0.380 e. The molecule has 0 aromatic heterocycles. The Hall–Kier alpha value is -2.47. The quantitative estimate of drug-likeness (QED) is 0.273. The molecule has 1 unspecified atom stereocenters. The molecule has 0 aliphatic heterocycles. The van der Waals surface area contributed by atoms with E-state index in [1.165, 1.54) is 6.07 Å². The molecule has 1 aromatic carbocycles. The minimum Gasteiger partial charge on any atom is -0.380 e. The Kier molecular flexibility index (Phi) is 10.3. The van der Waals surface area contributed by atoms with Gasteiger partial charge in [-0.05, 0) is 44.4 Å². The summed E-state index contributed by atoms with van der Waals surface area (Å²) in [5, 5.41) is 21.2. The van der Waals surface area contributed by atoms with Gasteiger partial charge in [0.1, 0.15) is 15.4 Å². The molecule has 0 radical (unpaired) electrons. The summed E-state index contributed by atoms with van der Waals surface area (Å²) in [6.07, 6.45) is -13.1. The zero-order valence-electron chi connectivity index (χ0n) is 18.9. The minimum atomic E-state index is -5.76. The summed E-state index contributed by atoms with van der Waals surface area (Å²) < 4.78 is 125. The number of nitriles is 1. The van der Waals surface area contributed by atoms with Crippen molar-refractivity contribution in [3.63, 3.8) is 0 Å². The first-order chi connectivity index (χ1) is 16.2. The molecule has 0 fully saturated rings. The van der Waals surface area contributed by atoms with Crippen molar-refractivity contribution in [2.75, 3.05) is 16.8 Å². The van der Waals surface area contributed by atoms with Crippen LogP contribution in [0, 0.1) is 11.3 Å². The van der Waals surface area contributed by atoms with Gasteiger partial charge in [-0.1, -0.05) is 12.8 Å². The van der Waals surface area contributed by atoms with E-state index < -0.39 is 75.1 Å². The predicted octanol–water partition coefficient (Wildman–Crippen LogP) is 5.22. The van der Waals surface area contributed by atoms with Gasteiger partial charge in [0.15, 0.2) is 0 Å². The molecule has 15 heteroatoms. The van der Waals surface area contributed by atoms with Crippen LogP contribution in [0.1, 0.15) is 56.6 Å². The van der Waals surface area contributed by atoms with E-state index in [0.29, 0.717) is 6.07 Å². The van der Waals surface area contributed by atoms with Crippen molar-refractivity contribution >= 4 is 21.4 Å². The van der Waals surface area contributed by atoms with Gasteiger partial charge in [0.2, 0.25) is 0 Å². The summed E-state index contributed by atoms with van der Waals surface area (Å²) in [6, 6.07) is 3.84. The van der Waals surface area contributed by atoms with E-state index in [0.717, 1.165) is 19.1 Å². The lowest BCUT2D eigenvalue weighted by atomic mass is 9.97. The molecule has 0 bridgehead atoms. The second-order valence-corrected chi connectivity index (χ2v) is 10.7. The Bertz CT molecular complexity index is 1060. The van der Waals surface area contributed by atoms with Crippen LogP contribution in [0.25, 0.3) is 0 Å². The van der Waals surface area contributed by atoms with E-state index in [4.69, 9.17) is 5.26 Å². The van der Waals surface area contributed by atoms with Crippen molar-refractivity contribution in [1.29, 1.82) is 5.26 Å². The summed E-state index contributed by atoms with van der Waals surface area (Å²) >= 11 is 0. The normalized spacial score (nSPS) is 14.7. The molecule has 2 N–H and O–H groups in total. The second kappa shape index (κ2) is 11.7. The SMILES string of the molecule is CC(O)(CCCCCS(=O)(=O)CCCC(F)(F)C(F)(F)F)C(=O)Nc1ccc(C#N)c(C(F)(F)F)c1. The van der Waals surface area contributed by atoms with Crippen LogP contribution in [-0.2, 0) is 20.8 Å². The van der Waals surface area contributed by atoms with Gasteiger partial charge in [0, 0.05) is 12.1 Å². The molecule has 0 spiro atoms. The van der Waals surface area contributed by atoms with Crippen LogP contribution in [0.15, 0.2) is 18.2 Å². The number of anilines is 1. The monoisotopic (exact) mass is 552 g/mol. The zero-order valence-corrected chi connectivity index (χ0v) is 19.8. The fourth-order valence-corrected chi connectivity index (χ4v) is 4.49. The number of hydrogen-bond acceptors (Lipinski definition) is 5. The molecule has 0 aliphatic rings. The van der Waals surface area contributed by atoms with E-state index in [9.17, 15) is 53.4 Å². The minimum absolute atomic E-state index is 0.0136. The number of nitrogens with zero attached hydrogens (tertiary/aromatic N) is 1. The van der Waals surface area contributed by atoms with Gasteiger partial charge in [0.25, 0.3) is 5.91 Å². The Morgan fingerprint density at radius 1 is 0.972 bits per heavy atom. The number of alkyl halides is 8. The molecule has 1 amide bonds. The van der Waals surface area contributed by atoms with Gasteiger partial charge >= 0.3 is 18.3 Å². The Balaban J connectivity index is 2.53. The van der Waals surface area contributed by atoms with Crippen molar-refractivity contribution < 1.29 is 53.4 Å². The first-order valence-electron chi connectivity index (χ1n) is 10.5. The highest BCUT2D eigenvalue weighted by Gasteiger charge is 2.56. The molecule has 1 rings (SSSR count). The van der Waals surface area contributed by atoms with E-state index in [1.807, 2.05) is 0 Å². The lowest BCUT2D eigenvalue weighted by Crippen LogP contribution is -2.40. The Morgan fingerprint density at radius 2 is 1.56 bits per heavy atom. The van der Waals surface area contributed by atoms with E-state index >= 15 is 0 Å². The maximum absolute atomic E-state index is 13.0. The number of unbranched alkanes of at least 4 members (excludes halogenated alkanes) is 2. The highest BCUT2D eigenvalue weighted by molar-refractivity contribution is 7.91. The summed E-state index contributed by atoms with van der Waals surface area (Å²) in [7, 11) is -3.90. The van der Waals surface area contributed by atoms with Crippen LogP contribution in [0.2, 0.25) is 0 Å². The van der Waals surface area contributed by atoms with E-state index in [1.54, 1.807) is 0 Å². The number of sulfone groups is 1. The third kappa shape index (κ3) is 9.53. The Morgan fingerprint density at radius 3 is 2.08 bits per heavy atom. The summed E-state index contributed by atoms with van der Waals surface area (Å²) in [5.41, 5.74) is -4.29. The number of aliphatic hydroxyl groups is 1. The first kappa shape index (κ1) is 31.6. The van der Waals surface area contributed by atoms with Gasteiger partial charge < -0.3 is 10.4 Å². The average molecular weight is 552 g/mol. The average Bonchev–Trinajstić information content (AvgIpc) is 2.71. The number of amides is 1. The van der Waals surface area contributed by atoms with Gasteiger partial charge in [-0.15, -0.1) is 0 Å². The number of carbonyl (C=O) groups is 1. The van der Waals surface area contributed by atoms with Crippen molar-refractivity contribution in [3.05, 3.63) is 29.3 Å². The molecular formula is C21H24F8N2O4S. The van der Waals surface area contributed by atoms with Crippen LogP contribution in [-0.4, -0.2) is 48.6 Å². The molecule has 36 heavy (non-hydrogen) atoms. The lowest BCUT2D eigenvalue weighted by Gasteiger charge is -2.22. The van der Waals surface area contributed by atoms with E-state index in [-0.39, 0.29) is 31.4 Å². The van der Waals surface area contributed by atoms with Crippen LogP contribution in [0.3, 0.4) is 0 Å². The van der Waals surface area contributed by atoms with Gasteiger partial charge in [-0.25, -0.2) is 8.42 Å². The molecule has 6 nitrogen and oxygen atoms in total. The molecular weight excluding hydrogens is 528 g/mol. The van der Waals surface area contributed by atoms with E-state index in [2.05, 4.69) is 5.32 Å². The largest absolute Gasteiger partial charge is 0.453 e. The van der Waals surface area contributed by atoms with Crippen LogP contribution < -0.4 is 5.32 Å². The molecule has 204 valence electrons.